The van der Waals surface area contributed by atoms with Crippen molar-refractivity contribution in [3.63, 3.8) is 0 Å². The van der Waals surface area contributed by atoms with Gasteiger partial charge in [0.15, 0.2) is 11.5 Å². The van der Waals surface area contributed by atoms with E-state index in [1.165, 1.54) is 6.07 Å². The van der Waals surface area contributed by atoms with Crippen LogP contribution in [-0.2, 0) is 9.59 Å². The van der Waals surface area contributed by atoms with Crippen molar-refractivity contribution in [2.24, 2.45) is 0 Å². The summed E-state index contributed by atoms with van der Waals surface area (Å²) >= 11 is 5.99. The molecule has 1 heterocycles. The number of carbonyl (C=O) groups excluding carboxylic acids is 2. The molecule has 0 bridgehead atoms. The van der Waals surface area contributed by atoms with Crippen LogP contribution in [0.25, 0.3) is 0 Å². The Bertz CT molecular complexity index is 1020. The second kappa shape index (κ2) is 12.4. The zero-order valence-electron chi connectivity index (χ0n) is 19.1. The van der Waals surface area contributed by atoms with Crippen molar-refractivity contribution < 1.29 is 93.5 Å². The Morgan fingerprint density at radius 1 is 1.09 bits per heavy atom. The molecule has 0 amide bonds. The topological polar surface area (TPSA) is 131 Å². The van der Waals surface area contributed by atoms with Gasteiger partial charge in [0.05, 0.1) is 6.10 Å². The smallest absolute Gasteiger partial charge is 0.542 e. The molecule has 3 atom stereocenters. The van der Waals surface area contributed by atoms with Crippen LogP contribution in [0.3, 0.4) is 0 Å². The number of rotatable bonds is 7. The Morgan fingerprint density at radius 2 is 1.79 bits per heavy atom. The van der Waals surface area contributed by atoms with Crippen molar-refractivity contribution in [2.45, 2.75) is 49.5 Å². The molecule has 1 aliphatic carbocycles. The van der Waals surface area contributed by atoms with Gasteiger partial charge in [0.2, 0.25) is 0 Å². The molecule has 1 saturated carbocycles. The number of ether oxygens (including phenoxy) is 2. The minimum atomic E-state index is -2.98. The molecule has 4 rings (SSSR count). The van der Waals surface area contributed by atoms with Crippen molar-refractivity contribution in [1.29, 1.82) is 0 Å². The van der Waals surface area contributed by atoms with Crippen LogP contribution in [0.2, 0.25) is 5.02 Å². The fraction of sp³-hybridized carbons (Fsp3) is 0.391. The predicted octanol–water partition coefficient (Wildman–Crippen LogP) is -5.34. The molecule has 2 aromatic carbocycles. The molecule has 170 valence electrons. The van der Waals surface area contributed by atoms with Gasteiger partial charge in [0, 0.05) is 17.6 Å². The molecule has 0 saturated heterocycles. The molecule has 2 aliphatic rings. The Labute approximate surface area is 246 Å². The van der Waals surface area contributed by atoms with E-state index in [1.54, 1.807) is 30.3 Å². The number of halogens is 1. The zero-order chi connectivity index (χ0) is 22.9. The molecule has 34 heavy (non-hydrogen) atoms. The number of carboxylic acids is 2. The van der Waals surface area contributed by atoms with E-state index in [0.717, 1.165) is 36.8 Å². The van der Waals surface area contributed by atoms with Gasteiger partial charge in [-0.05, 0) is 60.6 Å². The Hall–Kier alpha value is -0.810. The van der Waals surface area contributed by atoms with Crippen LogP contribution in [0, 0.1) is 0 Å². The molecular formula is C23H22ClNNa2O7. The summed E-state index contributed by atoms with van der Waals surface area (Å²) in [4.78, 5) is 22.6. The number of benzene rings is 2. The SMILES string of the molecule is O=C([O-])C1(C(=O)[O-])Oc2ccc(C3CCCC(NC[C@H](O)c4cccc(Cl)c4)C3)cc2O1.[Na+].[Na+]. The van der Waals surface area contributed by atoms with E-state index in [1.807, 2.05) is 6.07 Å². The number of hydrogen-bond acceptors (Lipinski definition) is 8. The van der Waals surface area contributed by atoms with Crippen molar-refractivity contribution in [2.75, 3.05) is 6.54 Å². The summed E-state index contributed by atoms with van der Waals surface area (Å²) < 4.78 is 10.1. The van der Waals surface area contributed by atoms with Gasteiger partial charge in [-0.2, -0.15) is 0 Å². The van der Waals surface area contributed by atoms with Crippen molar-refractivity contribution in [3.8, 4) is 11.5 Å². The average molecular weight is 506 g/mol. The van der Waals surface area contributed by atoms with E-state index >= 15 is 0 Å². The number of nitrogens with one attached hydrogen (secondary N) is 1. The number of aliphatic hydroxyl groups is 1. The average Bonchev–Trinajstić information content (AvgIpc) is 3.18. The minimum Gasteiger partial charge on any atom is -0.542 e. The van der Waals surface area contributed by atoms with E-state index in [4.69, 9.17) is 21.1 Å². The van der Waals surface area contributed by atoms with Gasteiger partial charge in [-0.25, -0.2) is 0 Å². The molecule has 1 fully saturated rings. The standard InChI is InChI=1S/C23H24ClNO7.2Na/c24-16-5-1-4-15(9-16)18(26)12-25-17-6-2-3-13(10-17)14-7-8-19-20(11-14)32-23(31-19,21(27)28)22(29)30;;/h1,4-5,7-9,11,13,17-18,25-26H,2-3,6,10,12H2,(H,27,28)(H,29,30);;/q;2*+1/p-2/t13?,17?,18-;;/m0../s1. The van der Waals surface area contributed by atoms with Crippen LogP contribution in [0.15, 0.2) is 42.5 Å². The molecule has 8 nitrogen and oxygen atoms in total. The first-order valence-corrected chi connectivity index (χ1v) is 10.8. The van der Waals surface area contributed by atoms with Gasteiger partial charge < -0.3 is 39.7 Å². The number of fused-ring (bicyclic) bond motifs is 1. The third kappa shape index (κ3) is 6.30. The fourth-order valence-electron chi connectivity index (χ4n) is 4.31. The third-order valence-corrected chi connectivity index (χ3v) is 6.23. The second-order valence-electron chi connectivity index (χ2n) is 8.14. The number of hydrogen-bond donors (Lipinski definition) is 2. The van der Waals surface area contributed by atoms with Gasteiger partial charge in [0.25, 0.3) is 0 Å². The van der Waals surface area contributed by atoms with E-state index in [0.29, 0.717) is 11.6 Å². The first-order chi connectivity index (χ1) is 15.3. The van der Waals surface area contributed by atoms with E-state index in [9.17, 15) is 24.9 Å². The van der Waals surface area contributed by atoms with Crippen molar-refractivity contribution in [3.05, 3.63) is 58.6 Å². The summed E-state index contributed by atoms with van der Waals surface area (Å²) in [5.74, 6) is -6.85. The Kier molecular flexibility index (Phi) is 10.8. The van der Waals surface area contributed by atoms with Crippen LogP contribution in [0.5, 0.6) is 11.5 Å². The first-order valence-electron chi connectivity index (χ1n) is 10.4. The number of carboxylic acid groups (broad SMARTS) is 2. The van der Waals surface area contributed by atoms with Gasteiger partial charge >= 0.3 is 64.9 Å². The molecule has 0 aromatic heterocycles. The van der Waals surface area contributed by atoms with Crippen LogP contribution in [-0.4, -0.2) is 35.4 Å². The van der Waals surface area contributed by atoms with E-state index < -0.39 is 23.8 Å². The van der Waals surface area contributed by atoms with Crippen LogP contribution >= 0.6 is 11.6 Å². The fourth-order valence-corrected chi connectivity index (χ4v) is 4.51. The summed E-state index contributed by atoms with van der Waals surface area (Å²) in [5, 5.41) is 37.0. The van der Waals surface area contributed by atoms with Gasteiger partial charge in [-0.3, -0.25) is 0 Å². The molecule has 11 heteroatoms. The van der Waals surface area contributed by atoms with Crippen LogP contribution in [0.4, 0.5) is 0 Å². The molecule has 2 aromatic rings. The normalized spacial score (nSPS) is 21.0. The third-order valence-electron chi connectivity index (χ3n) is 5.99. The monoisotopic (exact) mass is 505 g/mol. The van der Waals surface area contributed by atoms with Crippen molar-refractivity contribution >= 4 is 23.5 Å². The maximum atomic E-state index is 11.3. The van der Waals surface area contributed by atoms with Gasteiger partial charge in [0.1, 0.15) is 11.9 Å². The largest absolute Gasteiger partial charge is 1.00 e. The van der Waals surface area contributed by atoms with Crippen LogP contribution < -0.4 is 84.1 Å². The van der Waals surface area contributed by atoms with Gasteiger partial charge in [-0.15, -0.1) is 0 Å². The number of carbonyl (C=O) groups is 2. The maximum absolute atomic E-state index is 11.3. The molecule has 2 unspecified atom stereocenters. The summed E-state index contributed by atoms with van der Waals surface area (Å²) in [6.45, 7) is 0.388. The zero-order valence-corrected chi connectivity index (χ0v) is 23.8. The second-order valence-corrected chi connectivity index (χ2v) is 8.58. The summed E-state index contributed by atoms with van der Waals surface area (Å²) in [5.41, 5.74) is 1.64. The Morgan fingerprint density at radius 3 is 2.47 bits per heavy atom. The van der Waals surface area contributed by atoms with Crippen LogP contribution in [0.1, 0.15) is 48.8 Å². The first kappa shape index (κ1) is 29.4. The summed E-state index contributed by atoms with van der Waals surface area (Å²) in [7, 11) is 0. The number of aliphatic carboxylic acids is 2. The Balaban J connectivity index is 0.00000204. The summed E-state index contributed by atoms with van der Waals surface area (Å²) in [6, 6.07) is 12.2. The quantitative estimate of drug-likeness (QED) is 0.282. The number of aliphatic hydroxyl groups excluding tert-OH is 1. The summed E-state index contributed by atoms with van der Waals surface area (Å²) in [6.07, 6.45) is 2.96. The molecular weight excluding hydrogens is 484 g/mol. The minimum absolute atomic E-state index is 0. The van der Waals surface area contributed by atoms with Gasteiger partial charge in [-0.1, -0.05) is 36.2 Å². The van der Waals surface area contributed by atoms with E-state index in [-0.39, 0.29) is 82.6 Å². The molecule has 0 spiro atoms. The predicted molar refractivity (Wildman–Crippen MR) is 110 cm³/mol. The molecule has 1 aliphatic heterocycles. The van der Waals surface area contributed by atoms with E-state index in [2.05, 4.69) is 5.32 Å². The maximum Gasteiger partial charge on any atom is 1.00 e. The molecule has 2 N–H and O–H groups in total. The van der Waals surface area contributed by atoms with Crippen molar-refractivity contribution in [1.82, 2.24) is 5.32 Å². The molecule has 0 radical (unpaired) electrons.